The van der Waals surface area contributed by atoms with E-state index in [4.69, 9.17) is 9.47 Å². The molecule has 2 N–H and O–H groups in total. The number of hydrogen-bond donors (Lipinski definition) is 2. The van der Waals surface area contributed by atoms with Crippen molar-refractivity contribution >= 4 is 40.9 Å². The maximum atomic E-state index is 13.3. The van der Waals surface area contributed by atoms with Gasteiger partial charge in [0.2, 0.25) is 11.8 Å². The van der Waals surface area contributed by atoms with Gasteiger partial charge in [0.05, 0.1) is 17.9 Å². The number of benzene rings is 2. The van der Waals surface area contributed by atoms with Crippen LogP contribution in [0.15, 0.2) is 48.5 Å². The van der Waals surface area contributed by atoms with Crippen LogP contribution in [0.25, 0.3) is 0 Å². The van der Waals surface area contributed by atoms with Gasteiger partial charge < -0.3 is 19.7 Å². The summed E-state index contributed by atoms with van der Waals surface area (Å²) in [5, 5.41) is 5.34. The molecular formula is C24H26N4O6. The van der Waals surface area contributed by atoms with E-state index in [1.165, 1.54) is 12.0 Å². The first kappa shape index (κ1) is 23.2. The number of amides is 4. The molecule has 2 heterocycles. The fourth-order valence-corrected chi connectivity index (χ4v) is 4.33. The maximum Gasteiger partial charge on any atom is 0.411 e. The first-order valence-corrected chi connectivity index (χ1v) is 10.9. The van der Waals surface area contributed by atoms with Crippen LogP contribution in [-0.2, 0) is 19.1 Å². The van der Waals surface area contributed by atoms with Crippen LogP contribution in [0, 0.1) is 0 Å². The molecule has 178 valence electrons. The Labute approximate surface area is 196 Å². The van der Waals surface area contributed by atoms with Gasteiger partial charge >= 0.3 is 6.09 Å². The van der Waals surface area contributed by atoms with Crippen molar-refractivity contribution in [1.29, 1.82) is 0 Å². The standard InChI is InChI=1S/C24H26N4O6/c1-24-11-10-21(30)28(24)19-9-4-3-8-18(19)22(31)27(24)15-20(29)25-16-6-5-7-17(14-16)26-23(32)34-13-12-33-2/h3-9,14H,10-13,15H2,1-2H3,(H,25,29)(H,26,32). The molecule has 0 spiro atoms. The highest BCUT2D eigenvalue weighted by Gasteiger charge is 2.53. The van der Waals surface area contributed by atoms with Crippen molar-refractivity contribution in [3.05, 3.63) is 54.1 Å². The second-order valence-electron chi connectivity index (χ2n) is 8.24. The van der Waals surface area contributed by atoms with Gasteiger partial charge in [0.15, 0.2) is 0 Å². The molecule has 10 heteroatoms. The largest absolute Gasteiger partial charge is 0.447 e. The molecule has 4 rings (SSSR count). The number of para-hydroxylation sites is 1. The van der Waals surface area contributed by atoms with Gasteiger partial charge in [-0.25, -0.2) is 4.79 Å². The van der Waals surface area contributed by atoms with E-state index in [1.54, 1.807) is 60.4 Å². The van der Waals surface area contributed by atoms with Crippen LogP contribution in [0.5, 0.6) is 0 Å². The van der Waals surface area contributed by atoms with E-state index in [0.29, 0.717) is 35.5 Å². The number of methoxy groups -OCH3 is 1. The molecule has 34 heavy (non-hydrogen) atoms. The molecule has 1 atom stereocenters. The number of carbonyl (C=O) groups excluding carboxylic acids is 4. The lowest BCUT2D eigenvalue weighted by Crippen LogP contribution is -2.63. The summed E-state index contributed by atoms with van der Waals surface area (Å²) < 4.78 is 9.80. The van der Waals surface area contributed by atoms with E-state index in [1.807, 2.05) is 0 Å². The highest BCUT2D eigenvalue weighted by molar-refractivity contribution is 6.11. The summed E-state index contributed by atoms with van der Waals surface area (Å²) in [6.07, 6.45) is 0.0887. The maximum absolute atomic E-state index is 13.3. The van der Waals surface area contributed by atoms with Crippen molar-refractivity contribution < 1.29 is 28.7 Å². The second kappa shape index (κ2) is 9.52. The molecule has 1 saturated heterocycles. The highest BCUT2D eigenvalue weighted by Crippen LogP contribution is 2.43. The SMILES string of the molecule is COCCOC(=O)Nc1cccc(NC(=O)CN2C(=O)c3ccccc3N3C(=O)CCC23C)c1. The molecule has 2 aromatic carbocycles. The van der Waals surface area contributed by atoms with Crippen LogP contribution >= 0.6 is 0 Å². The number of ether oxygens (including phenoxy) is 2. The number of carbonyl (C=O) groups is 4. The van der Waals surface area contributed by atoms with Crippen LogP contribution in [0.1, 0.15) is 30.1 Å². The van der Waals surface area contributed by atoms with E-state index >= 15 is 0 Å². The number of rotatable bonds is 7. The molecule has 2 aliphatic heterocycles. The summed E-state index contributed by atoms with van der Waals surface area (Å²) in [6.45, 7) is 1.97. The number of nitrogens with one attached hydrogen (secondary N) is 2. The monoisotopic (exact) mass is 466 g/mol. The van der Waals surface area contributed by atoms with Gasteiger partial charge in [-0.15, -0.1) is 0 Å². The Kier molecular flexibility index (Phi) is 6.51. The van der Waals surface area contributed by atoms with Crippen molar-refractivity contribution in [3.8, 4) is 0 Å². The molecule has 2 aromatic rings. The van der Waals surface area contributed by atoms with Gasteiger partial charge in [-0.2, -0.15) is 0 Å². The van der Waals surface area contributed by atoms with Crippen LogP contribution in [0.2, 0.25) is 0 Å². The van der Waals surface area contributed by atoms with E-state index < -0.39 is 17.7 Å². The molecule has 0 aliphatic carbocycles. The van der Waals surface area contributed by atoms with Crippen molar-refractivity contribution in [2.75, 3.05) is 42.4 Å². The van der Waals surface area contributed by atoms with E-state index in [-0.39, 0.29) is 31.6 Å². The molecule has 0 bridgehead atoms. The number of hydrogen-bond acceptors (Lipinski definition) is 6. The average Bonchev–Trinajstić information content (AvgIpc) is 3.12. The quantitative estimate of drug-likeness (QED) is 0.606. The van der Waals surface area contributed by atoms with Gasteiger partial charge in [-0.3, -0.25) is 24.6 Å². The van der Waals surface area contributed by atoms with Crippen molar-refractivity contribution in [2.24, 2.45) is 0 Å². The first-order chi connectivity index (χ1) is 16.3. The zero-order valence-corrected chi connectivity index (χ0v) is 19.0. The minimum Gasteiger partial charge on any atom is -0.447 e. The van der Waals surface area contributed by atoms with E-state index in [9.17, 15) is 19.2 Å². The normalized spacial score (nSPS) is 18.9. The second-order valence-corrected chi connectivity index (χ2v) is 8.24. The number of anilines is 3. The summed E-state index contributed by atoms with van der Waals surface area (Å²) in [6, 6.07) is 13.5. The molecule has 0 radical (unpaired) electrons. The number of fused-ring (bicyclic) bond motifs is 3. The Morgan fingerprint density at radius 2 is 1.76 bits per heavy atom. The van der Waals surface area contributed by atoms with Gasteiger partial charge in [0.25, 0.3) is 5.91 Å². The summed E-state index contributed by atoms with van der Waals surface area (Å²) in [5.41, 5.74) is 0.915. The molecule has 4 amide bonds. The number of nitrogens with zero attached hydrogens (tertiary/aromatic N) is 2. The summed E-state index contributed by atoms with van der Waals surface area (Å²) in [7, 11) is 1.51. The van der Waals surface area contributed by atoms with Crippen LogP contribution in [-0.4, -0.2) is 61.2 Å². The Balaban J connectivity index is 1.47. The first-order valence-electron chi connectivity index (χ1n) is 10.9. The molecule has 0 aromatic heterocycles. The average molecular weight is 466 g/mol. The summed E-state index contributed by atoms with van der Waals surface area (Å²) >= 11 is 0. The summed E-state index contributed by atoms with van der Waals surface area (Å²) in [5.74, 6) is -0.800. The van der Waals surface area contributed by atoms with Crippen LogP contribution in [0.4, 0.5) is 21.9 Å². The fourth-order valence-electron chi connectivity index (χ4n) is 4.33. The van der Waals surface area contributed by atoms with E-state index in [2.05, 4.69) is 10.6 Å². The molecule has 2 aliphatic rings. The third-order valence-corrected chi connectivity index (χ3v) is 5.96. The molecule has 1 unspecified atom stereocenters. The zero-order valence-electron chi connectivity index (χ0n) is 19.0. The Morgan fingerprint density at radius 1 is 1.03 bits per heavy atom. The third kappa shape index (κ3) is 4.44. The zero-order chi connectivity index (χ0) is 24.3. The molecule has 0 saturated carbocycles. The minimum absolute atomic E-state index is 0.0796. The predicted octanol–water partition coefficient (Wildman–Crippen LogP) is 2.82. The van der Waals surface area contributed by atoms with Crippen molar-refractivity contribution in [2.45, 2.75) is 25.4 Å². The van der Waals surface area contributed by atoms with Gasteiger partial charge in [-0.05, 0) is 43.7 Å². The molecule has 1 fully saturated rings. The lowest BCUT2D eigenvalue weighted by molar-refractivity contribution is -0.120. The lowest BCUT2D eigenvalue weighted by Gasteiger charge is -2.48. The van der Waals surface area contributed by atoms with Gasteiger partial charge in [-0.1, -0.05) is 18.2 Å². The predicted molar refractivity (Wildman–Crippen MR) is 125 cm³/mol. The molecular weight excluding hydrogens is 440 g/mol. The Bertz CT molecular complexity index is 1140. The lowest BCUT2D eigenvalue weighted by atomic mass is 9.98. The molecule has 10 nitrogen and oxygen atoms in total. The Morgan fingerprint density at radius 3 is 2.53 bits per heavy atom. The smallest absolute Gasteiger partial charge is 0.411 e. The van der Waals surface area contributed by atoms with E-state index in [0.717, 1.165) is 0 Å². The minimum atomic E-state index is -0.921. The van der Waals surface area contributed by atoms with Gasteiger partial charge in [0.1, 0.15) is 18.8 Å². The highest BCUT2D eigenvalue weighted by atomic mass is 16.6. The topological polar surface area (TPSA) is 117 Å². The van der Waals surface area contributed by atoms with Crippen LogP contribution < -0.4 is 15.5 Å². The van der Waals surface area contributed by atoms with Gasteiger partial charge in [0, 0.05) is 24.9 Å². The van der Waals surface area contributed by atoms with Crippen molar-refractivity contribution in [3.63, 3.8) is 0 Å². The third-order valence-electron chi connectivity index (χ3n) is 5.96. The van der Waals surface area contributed by atoms with Crippen LogP contribution in [0.3, 0.4) is 0 Å². The Hall–Kier alpha value is -3.92. The summed E-state index contributed by atoms with van der Waals surface area (Å²) in [4.78, 5) is 53.8. The van der Waals surface area contributed by atoms with Crippen molar-refractivity contribution in [1.82, 2.24) is 4.90 Å². The fraction of sp³-hybridized carbons (Fsp3) is 0.333.